The standard InChI is InChI=1S/C13H21N/c1-5-12(8-7-11(3)4)13(6-2)9-10-14/h5-11H,14H2,1-4H3/b8-7-,10-9-,12-5+,13-6+. The summed E-state index contributed by atoms with van der Waals surface area (Å²) in [6.45, 7) is 8.38. The molecule has 0 saturated heterocycles. The highest BCUT2D eigenvalue weighted by Crippen LogP contribution is 2.13. The quantitative estimate of drug-likeness (QED) is 0.675. The zero-order valence-corrected chi connectivity index (χ0v) is 9.62. The normalized spacial score (nSPS) is 14.9. The molecule has 0 radical (unpaired) electrons. The first-order valence-electron chi connectivity index (χ1n) is 5.05. The van der Waals surface area contributed by atoms with E-state index in [1.807, 2.05) is 19.9 Å². The zero-order valence-electron chi connectivity index (χ0n) is 9.62. The third-order valence-corrected chi connectivity index (χ3v) is 1.89. The van der Waals surface area contributed by atoms with Gasteiger partial charge in [0.15, 0.2) is 0 Å². The van der Waals surface area contributed by atoms with Gasteiger partial charge in [-0.05, 0) is 43.2 Å². The van der Waals surface area contributed by atoms with Gasteiger partial charge in [-0.25, -0.2) is 0 Å². The van der Waals surface area contributed by atoms with Gasteiger partial charge in [0.2, 0.25) is 0 Å². The Labute approximate surface area is 87.7 Å². The van der Waals surface area contributed by atoms with Gasteiger partial charge in [-0.1, -0.05) is 38.2 Å². The van der Waals surface area contributed by atoms with Crippen LogP contribution < -0.4 is 5.73 Å². The van der Waals surface area contributed by atoms with Crippen molar-refractivity contribution in [1.82, 2.24) is 0 Å². The van der Waals surface area contributed by atoms with Gasteiger partial charge in [0.1, 0.15) is 0 Å². The van der Waals surface area contributed by atoms with E-state index in [1.54, 1.807) is 6.20 Å². The lowest BCUT2D eigenvalue weighted by molar-refractivity contribution is 0.831. The van der Waals surface area contributed by atoms with Crippen molar-refractivity contribution in [2.75, 3.05) is 0 Å². The van der Waals surface area contributed by atoms with Crippen LogP contribution in [0.5, 0.6) is 0 Å². The molecule has 14 heavy (non-hydrogen) atoms. The van der Waals surface area contributed by atoms with Crippen LogP contribution in [0, 0.1) is 5.92 Å². The monoisotopic (exact) mass is 191 g/mol. The van der Waals surface area contributed by atoms with Gasteiger partial charge in [-0.15, -0.1) is 0 Å². The van der Waals surface area contributed by atoms with Crippen LogP contribution in [-0.4, -0.2) is 0 Å². The van der Waals surface area contributed by atoms with Crippen molar-refractivity contribution in [3.05, 3.63) is 47.7 Å². The summed E-state index contributed by atoms with van der Waals surface area (Å²) in [5.41, 5.74) is 7.75. The van der Waals surface area contributed by atoms with Gasteiger partial charge in [0, 0.05) is 0 Å². The van der Waals surface area contributed by atoms with E-state index in [4.69, 9.17) is 5.73 Å². The van der Waals surface area contributed by atoms with Gasteiger partial charge in [0.05, 0.1) is 0 Å². The molecule has 0 aliphatic heterocycles. The van der Waals surface area contributed by atoms with E-state index in [-0.39, 0.29) is 0 Å². The van der Waals surface area contributed by atoms with E-state index in [1.165, 1.54) is 5.57 Å². The highest BCUT2D eigenvalue weighted by atomic mass is 14.5. The molecule has 0 amide bonds. The second kappa shape index (κ2) is 7.19. The van der Waals surface area contributed by atoms with E-state index in [0.717, 1.165) is 5.57 Å². The average molecular weight is 191 g/mol. The number of hydrogen-bond donors (Lipinski definition) is 1. The Balaban J connectivity index is 4.74. The van der Waals surface area contributed by atoms with E-state index in [0.29, 0.717) is 5.92 Å². The summed E-state index contributed by atoms with van der Waals surface area (Å²) in [6.07, 6.45) is 12.0. The summed E-state index contributed by atoms with van der Waals surface area (Å²) in [4.78, 5) is 0. The molecule has 0 unspecified atom stereocenters. The SMILES string of the molecule is C/C=C(\C=C/N)C(/C=C\C(C)C)=C/C. The lowest BCUT2D eigenvalue weighted by Gasteiger charge is -2.03. The molecule has 0 saturated carbocycles. The number of allylic oxidation sites excluding steroid dienone is 7. The maximum atomic E-state index is 5.38. The lowest BCUT2D eigenvalue weighted by Crippen LogP contribution is -1.87. The molecule has 0 heterocycles. The predicted octanol–water partition coefficient (Wildman–Crippen LogP) is 3.56. The van der Waals surface area contributed by atoms with Crippen LogP contribution >= 0.6 is 0 Å². The van der Waals surface area contributed by atoms with E-state index in [2.05, 4.69) is 38.2 Å². The topological polar surface area (TPSA) is 26.0 Å². The Bertz CT molecular complexity index is 265. The van der Waals surface area contributed by atoms with E-state index < -0.39 is 0 Å². The van der Waals surface area contributed by atoms with Crippen LogP contribution in [0.2, 0.25) is 0 Å². The van der Waals surface area contributed by atoms with Crippen LogP contribution in [0.25, 0.3) is 0 Å². The van der Waals surface area contributed by atoms with Gasteiger partial charge in [-0.2, -0.15) is 0 Å². The van der Waals surface area contributed by atoms with E-state index in [9.17, 15) is 0 Å². The molecule has 78 valence electrons. The van der Waals surface area contributed by atoms with Crippen molar-refractivity contribution >= 4 is 0 Å². The molecule has 0 bridgehead atoms. The molecule has 0 aliphatic carbocycles. The van der Waals surface area contributed by atoms with Gasteiger partial charge >= 0.3 is 0 Å². The summed E-state index contributed by atoms with van der Waals surface area (Å²) < 4.78 is 0. The van der Waals surface area contributed by atoms with Crippen molar-refractivity contribution in [2.24, 2.45) is 11.7 Å². The van der Waals surface area contributed by atoms with Crippen molar-refractivity contribution in [3.63, 3.8) is 0 Å². The fourth-order valence-corrected chi connectivity index (χ4v) is 1.12. The first-order valence-corrected chi connectivity index (χ1v) is 5.05. The molecular formula is C13H21N. The number of hydrogen-bond acceptors (Lipinski definition) is 1. The average Bonchev–Trinajstić information content (AvgIpc) is 2.16. The van der Waals surface area contributed by atoms with Crippen molar-refractivity contribution in [2.45, 2.75) is 27.7 Å². The highest BCUT2D eigenvalue weighted by molar-refractivity contribution is 5.45. The Morgan fingerprint density at radius 2 is 1.50 bits per heavy atom. The Hall–Kier alpha value is -1.24. The van der Waals surface area contributed by atoms with Crippen molar-refractivity contribution in [1.29, 1.82) is 0 Å². The maximum absolute atomic E-state index is 5.38. The third-order valence-electron chi connectivity index (χ3n) is 1.89. The molecule has 0 aromatic carbocycles. The van der Waals surface area contributed by atoms with Crippen LogP contribution in [0.3, 0.4) is 0 Å². The summed E-state index contributed by atoms with van der Waals surface area (Å²) in [7, 11) is 0. The first-order chi connectivity index (χ1) is 6.65. The summed E-state index contributed by atoms with van der Waals surface area (Å²) in [6, 6.07) is 0. The molecule has 1 heteroatoms. The molecule has 0 aliphatic rings. The molecule has 0 rings (SSSR count). The minimum absolute atomic E-state index is 0.574. The Morgan fingerprint density at radius 1 is 1.00 bits per heavy atom. The summed E-state index contributed by atoms with van der Waals surface area (Å²) >= 11 is 0. The molecule has 1 nitrogen and oxygen atoms in total. The van der Waals surface area contributed by atoms with Crippen molar-refractivity contribution < 1.29 is 0 Å². The fraction of sp³-hybridized carbons (Fsp3) is 0.385. The van der Waals surface area contributed by atoms with Crippen LogP contribution in [0.4, 0.5) is 0 Å². The second-order valence-electron chi connectivity index (χ2n) is 3.45. The number of rotatable bonds is 4. The second-order valence-corrected chi connectivity index (χ2v) is 3.45. The van der Waals surface area contributed by atoms with Crippen LogP contribution in [0.1, 0.15) is 27.7 Å². The van der Waals surface area contributed by atoms with E-state index >= 15 is 0 Å². The first kappa shape index (κ1) is 12.8. The van der Waals surface area contributed by atoms with Gasteiger partial charge < -0.3 is 5.73 Å². The zero-order chi connectivity index (χ0) is 11.0. The summed E-state index contributed by atoms with van der Waals surface area (Å²) in [5, 5.41) is 0. The molecule has 2 N–H and O–H groups in total. The third kappa shape index (κ3) is 4.70. The molecule has 0 aromatic rings. The van der Waals surface area contributed by atoms with Crippen molar-refractivity contribution in [3.8, 4) is 0 Å². The fourth-order valence-electron chi connectivity index (χ4n) is 1.12. The lowest BCUT2D eigenvalue weighted by atomic mass is 10.0. The molecule has 0 spiro atoms. The molecule has 0 fully saturated rings. The van der Waals surface area contributed by atoms with Gasteiger partial charge in [0.25, 0.3) is 0 Å². The maximum Gasteiger partial charge on any atom is -0.00563 e. The molecule has 0 aromatic heterocycles. The van der Waals surface area contributed by atoms with Gasteiger partial charge in [-0.3, -0.25) is 0 Å². The molecule has 0 atom stereocenters. The van der Waals surface area contributed by atoms with Crippen LogP contribution in [-0.2, 0) is 0 Å². The minimum atomic E-state index is 0.574. The summed E-state index contributed by atoms with van der Waals surface area (Å²) in [5.74, 6) is 0.574. The smallest absolute Gasteiger partial charge is 0.00563 e. The molecular weight excluding hydrogens is 170 g/mol. The largest absolute Gasteiger partial charge is 0.405 e. The highest BCUT2D eigenvalue weighted by Gasteiger charge is 1.95. The Morgan fingerprint density at radius 3 is 1.86 bits per heavy atom. The predicted molar refractivity (Wildman–Crippen MR) is 64.8 cm³/mol. The number of nitrogens with two attached hydrogens (primary N) is 1. The van der Waals surface area contributed by atoms with Crippen LogP contribution in [0.15, 0.2) is 47.7 Å². The minimum Gasteiger partial charge on any atom is -0.405 e. The Kier molecular flexibility index (Phi) is 6.55.